The average Bonchev–Trinajstić information content (AvgIpc) is 3.18. The van der Waals surface area contributed by atoms with E-state index in [1.165, 1.54) is 23.7 Å². The molecule has 5 rings (SSSR count). The Morgan fingerprint density at radius 3 is 2.69 bits per heavy atom. The molecule has 0 radical (unpaired) electrons. The van der Waals surface area contributed by atoms with E-state index in [9.17, 15) is 9.59 Å². The third kappa shape index (κ3) is 2.72. The Bertz CT molecular complexity index is 1000. The zero-order valence-electron chi connectivity index (χ0n) is 16.5. The number of ether oxygens (including phenoxy) is 2. The minimum absolute atomic E-state index is 0.124. The van der Waals surface area contributed by atoms with Gasteiger partial charge >= 0.3 is 6.03 Å². The fraction of sp³-hybridized carbons (Fsp3) is 0.409. The van der Waals surface area contributed by atoms with Gasteiger partial charge in [-0.15, -0.1) is 0 Å². The Labute approximate surface area is 169 Å². The lowest BCUT2D eigenvalue weighted by Gasteiger charge is -2.38. The molecule has 3 aliphatic rings. The SMILES string of the molecule is CC[C@@]1(C)NC(=O)N(c2ccc(Oc3ccc4c(c3)C3(CCC3)OC4)nc2)C1=O. The predicted molar refractivity (Wildman–Crippen MR) is 106 cm³/mol. The highest BCUT2D eigenvalue weighted by Gasteiger charge is 2.47. The van der Waals surface area contributed by atoms with Crippen LogP contribution in [-0.4, -0.2) is 22.5 Å². The van der Waals surface area contributed by atoms with Crippen LogP contribution in [0.5, 0.6) is 11.6 Å². The van der Waals surface area contributed by atoms with Crippen molar-refractivity contribution in [2.75, 3.05) is 4.90 Å². The lowest BCUT2D eigenvalue weighted by Crippen LogP contribution is -2.43. The summed E-state index contributed by atoms with van der Waals surface area (Å²) in [5.74, 6) is 0.833. The lowest BCUT2D eigenvalue weighted by atomic mass is 9.75. The molecule has 2 fully saturated rings. The molecule has 1 spiro atoms. The van der Waals surface area contributed by atoms with Crippen LogP contribution in [0.3, 0.4) is 0 Å². The molecule has 150 valence electrons. The van der Waals surface area contributed by atoms with Gasteiger partial charge in [0.05, 0.1) is 24.1 Å². The third-order valence-electron chi connectivity index (χ3n) is 6.41. The van der Waals surface area contributed by atoms with Crippen LogP contribution in [0.15, 0.2) is 36.5 Å². The molecule has 0 bridgehead atoms. The fourth-order valence-electron chi connectivity index (χ4n) is 4.22. The van der Waals surface area contributed by atoms with Gasteiger partial charge in [-0.25, -0.2) is 14.7 Å². The molecule has 7 heteroatoms. The molecule has 1 aliphatic carbocycles. The Balaban J connectivity index is 1.35. The van der Waals surface area contributed by atoms with Gasteiger partial charge in [0, 0.05) is 6.07 Å². The fourth-order valence-corrected chi connectivity index (χ4v) is 4.22. The molecule has 1 saturated heterocycles. The number of amides is 3. The zero-order valence-corrected chi connectivity index (χ0v) is 16.5. The number of nitrogens with one attached hydrogen (secondary N) is 1. The van der Waals surface area contributed by atoms with Crippen molar-refractivity contribution >= 4 is 17.6 Å². The van der Waals surface area contributed by atoms with E-state index in [-0.39, 0.29) is 11.5 Å². The van der Waals surface area contributed by atoms with Gasteiger partial charge in [-0.3, -0.25) is 4.79 Å². The number of benzene rings is 1. The Kier molecular flexibility index (Phi) is 3.93. The lowest BCUT2D eigenvalue weighted by molar-refractivity contribution is -0.121. The van der Waals surface area contributed by atoms with Crippen LogP contribution in [0, 0.1) is 0 Å². The van der Waals surface area contributed by atoms with Crippen LogP contribution in [-0.2, 0) is 21.7 Å². The molecule has 1 N–H and O–H groups in total. The maximum Gasteiger partial charge on any atom is 0.329 e. The van der Waals surface area contributed by atoms with Crippen molar-refractivity contribution in [2.24, 2.45) is 0 Å². The first-order valence-electron chi connectivity index (χ1n) is 10.0. The number of urea groups is 1. The Hall–Kier alpha value is -2.93. The number of imide groups is 1. The second-order valence-corrected chi connectivity index (χ2v) is 8.17. The summed E-state index contributed by atoms with van der Waals surface area (Å²) in [4.78, 5) is 30.3. The summed E-state index contributed by atoms with van der Waals surface area (Å²) < 4.78 is 12.0. The second-order valence-electron chi connectivity index (χ2n) is 8.17. The Morgan fingerprint density at radius 2 is 2.07 bits per heavy atom. The van der Waals surface area contributed by atoms with Crippen LogP contribution < -0.4 is 15.0 Å². The minimum atomic E-state index is -0.879. The smallest absolute Gasteiger partial charge is 0.329 e. The van der Waals surface area contributed by atoms with Crippen LogP contribution in [0.25, 0.3) is 0 Å². The van der Waals surface area contributed by atoms with Crippen molar-refractivity contribution in [1.82, 2.24) is 10.3 Å². The number of fused-ring (bicyclic) bond motifs is 2. The molecule has 1 aromatic heterocycles. The molecule has 29 heavy (non-hydrogen) atoms. The van der Waals surface area contributed by atoms with E-state index in [0.29, 0.717) is 30.3 Å². The number of hydrogen-bond donors (Lipinski definition) is 1. The number of pyridine rings is 1. The monoisotopic (exact) mass is 393 g/mol. The Morgan fingerprint density at radius 1 is 1.24 bits per heavy atom. The molecule has 1 aromatic carbocycles. The molecule has 1 saturated carbocycles. The third-order valence-corrected chi connectivity index (χ3v) is 6.41. The van der Waals surface area contributed by atoms with Gasteiger partial charge in [-0.05, 0) is 61.9 Å². The van der Waals surface area contributed by atoms with Crippen LogP contribution in [0.4, 0.5) is 10.5 Å². The molecular formula is C22H23N3O4. The standard InChI is InChI=1S/C22H23N3O4/c1-3-21(2)19(26)25(20(27)24-21)15-6-8-18(23-12-15)29-16-7-5-14-13-28-22(9-4-10-22)17(14)11-16/h5-8,11-12H,3-4,9-10,13H2,1-2H3,(H,24,27)/t21-/m1/s1. The molecule has 0 unspecified atom stereocenters. The largest absolute Gasteiger partial charge is 0.439 e. The molecule has 2 aliphatic heterocycles. The quantitative estimate of drug-likeness (QED) is 0.794. The van der Waals surface area contributed by atoms with Gasteiger partial charge in [0.1, 0.15) is 11.3 Å². The highest BCUT2D eigenvalue weighted by molar-refractivity contribution is 6.23. The van der Waals surface area contributed by atoms with E-state index >= 15 is 0 Å². The summed E-state index contributed by atoms with van der Waals surface area (Å²) in [6, 6.07) is 8.91. The van der Waals surface area contributed by atoms with Crippen molar-refractivity contribution in [3.63, 3.8) is 0 Å². The van der Waals surface area contributed by atoms with Gasteiger partial charge in [0.25, 0.3) is 5.91 Å². The van der Waals surface area contributed by atoms with E-state index in [1.807, 2.05) is 25.1 Å². The van der Waals surface area contributed by atoms with Crippen molar-refractivity contribution < 1.29 is 19.1 Å². The van der Waals surface area contributed by atoms with Crippen molar-refractivity contribution in [3.05, 3.63) is 47.7 Å². The van der Waals surface area contributed by atoms with E-state index in [2.05, 4.69) is 10.3 Å². The van der Waals surface area contributed by atoms with E-state index in [4.69, 9.17) is 9.47 Å². The molecule has 3 heterocycles. The summed E-state index contributed by atoms with van der Waals surface area (Å²) in [5, 5.41) is 2.74. The van der Waals surface area contributed by atoms with E-state index in [0.717, 1.165) is 17.7 Å². The van der Waals surface area contributed by atoms with Gasteiger partial charge < -0.3 is 14.8 Å². The van der Waals surface area contributed by atoms with Gasteiger partial charge in [-0.2, -0.15) is 0 Å². The van der Waals surface area contributed by atoms with Crippen LogP contribution >= 0.6 is 0 Å². The van der Waals surface area contributed by atoms with E-state index < -0.39 is 11.6 Å². The van der Waals surface area contributed by atoms with Crippen molar-refractivity contribution in [1.29, 1.82) is 0 Å². The number of anilines is 1. The highest BCUT2D eigenvalue weighted by atomic mass is 16.5. The zero-order chi connectivity index (χ0) is 20.2. The van der Waals surface area contributed by atoms with E-state index in [1.54, 1.807) is 19.1 Å². The summed E-state index contributed by atoms with van der Waals surface area (Å²) in [5.41, 5.74) is 1.86. The van der Waals surface area contributed by atoms with Gasteiger partial charge in [0.15, 0.2) is 0 Å². The van der Waals surface area contributed by atoms with Crippen molar-refractivity contribution in [3.8, 4) is 11.6 Å². The van der Waals surface area contributed by atoms with Gasteiger partial charge in [0.2, 0.25) is 5.88 Å². The number of nitrogens with zero attached hydrogens (tertiary/aromatic N) is 2. The summed E-state index contributed by atoms with van der Waals surface area (Å²) in [7, 11) is 0. The van der Waals surface area contributed by atoms with Crippen molar-refractivity contribution in [2.45, 2.75) is 57.3 Å². The second kappa shape index (κ2) is 6.29. The molecule has 2 aromatic rings. The highest BCUT2D eigenvalue weighted by Crippen LogP contribution is 2.51. The predicted octanol–water partition coefficient (Wildman–Crippen LogP) is 4.01. The maximum absolute atomic E-state index is 12.6. The normalized spacial score (nSPS) is 24.4. The number of hydrogen-bond acceptors (Lipinski definition) is 5. The molecule has 7 nitrogen and oxygen atoms in total. The number of carbonyl (C=O) groups excluding carboxylic acids is 2. The molecular weight excluding hydrogens is 370 g/mol. The van der Waals surface area contributed by atoms with Crippen LogP contribution in [0.2, 0.25) is 0 Å². The first kappa shape index (κ1) is 18.1. The first-order chi connectivity index (χ1) is 13.9. The van der Waals surface area contributed by atoms with Crippen LogP contribution in [0.1, 0.15) is 50.7 Å². The number of aromatic nitrogens is 1. The summed E-state index contributed by atoms with van der Waals surface area (Å²) >= 11 is 0. The topological polar surface area (TPSA) is 80.8 Å². The first-order valence-corrected chi connectivity index (χ1v) is 10.0. The average molecular weight is 393 g/mol. The summed E-state index contributed by atoms with van der Waals surface area (Å²) in [6.07, 6.45) is 5.30. The summed E-state index contributed by atoms with van der Waals surface area (Å²) in [6.45, 7) is 4.25. The molecule has 1 atom stereocenters. The number of carbonyl (C=O) groups is 2. The maximum atomic E-state index is 12.6. The molecule has 3 amide bonds. The minimum Gasteiger partial charge on any atom is -0.439 e. The van der Waals surface area contributed by atoms with Gasteiger partial charge in [-0.1, -0.05) is 13.0 Å². The number of rotatable bonds is 4.